The Bertz CT molecular complexity index is 788. The number of nitrogen functional groups attached to an aromatic ring is 1. The van der Waals surface area contributed by atoms with E-state index in [0.717, 1.165) is 10.9 Å². The topological polar surface area (TPSA) is 85.4 Å². The smallest absolute Gasteiger partial charge is 0.224 e. The van der Waals surface area contributed by atoms with Crippen LogP contribution in [-0.4, -0.2) is 24.7 Å². The molecule has 3 rings (SSSR count). The summed E-state index contributed by atoms with van der Waals surface area (Å²) in [4.78, 5) is 10.9. The number of anilines is 1. The highest BCUT2D eigenvalue weighted by molar-refractivity contribution is 7.71. The van der Waals surface area contributed by atoms with Crippen LogP contribution in [0.4, 0.5) is 5.95 Å². The summed E-state index contributed by atoms with van der Waals surface area (Å²) in [7, 11) is 1.88. The van der Waals surface area contributed by atoms with Gasteiger partial charge in [-0.05, 0) is 18.3 Å². The van der Waals surface area contributed by atoms with Gasteiger partial charge in [-0.15, -0.1) is 0 Å². The van der Waals surface area contributed by atoms with E-state index in [1.807, 2.05) is 31.3 Å². The van der Waals surface area contributed by atoms with E-state index in [2.05, 4.69) is 20.1 Å². The fourth-order valence-electron chi connectivity index (χ4n) is 1.90. The maximum Gasteiger partial charge on any atom is 0.224 e. The van der Waals surface area contributed by atoms with Crippen molar-refractivity contribution >= 4 is 29.1 Å². The first-order valence-corrected chi connectivity index (χ1v) is 5.72. The number of fused-ring (bicyclic) bond motifs is 1. The van der Waals surface area contributed by atoms with Crippen molar-refractivity contribution in [2.45, 2.75) is 0 Å². The van der Waals surface area contributed by atoms with Gasteiger partial charge in [-0.1, -0.05) is 18.2 Å². The van der Waals surface area contributed by atoms with Gasteiger partial charge in [-0.3, -0.25) is 4.68 Å². The fraction of sp³-hybridized carbons (Fsp3) is 0.0909. The molecule has 6 nitrogen and oxygen atoms in total. The number of nitrogens with one attached hydrogen (secondary N) is 1. The Labute approximate surface area is 107 Å². The second-order valence-electron chi connectivity index (χ2n) is 3.85. The lowest BCUT2D eigenvalue weighted by atomic mass is 10.2. The quantitative estimate of drug-likeness (QED) is 0.648. The highest BCUT2D eigenvalue weighted by atomic mass is 32.1. The van der Waals surface area contributed by atoms with Gasteiger partial charge in [0.2, 0.25) is 10.7 Å². The molecule has 0 fully saturated rings. The van der Waals surface area contributed by atoms with Crippen molar-refractivity contribution in [3.63, 3.8) is 0 Å². The predicted molar refractivity (Wildman–Crippen MR) is 71.3 cm³/mol. The van der Waals surface area contributed by atoms with Crippen LogP contribution in [0.3, 0.4) is 0 Å². The minimum absolute atomic E-state index is 0.205. The largest absolute Gasteiger partial charge is 0.369 e. The van der Waals surface area contributed by atoms with Crippen LogP contribution in [0.1, 0.15) is 0 Å². The lowest BCUT2D eigenvalue weighted by Gasteiger charge is -1.98. The normalized spacial score (nSPS) is 10.9. The first kappa shape index (κ1) is 10.8. The van der Waals surface area contributed by atoms with Crippen molar-refractivity contribution in [2.24, 2.45) is 7.05 Å². The van der Waals surface area contributed by atoms with Crippen LogP contribution >= 0.6 is 12.2 Å². The van der Waals surface area contributed by atoms with E-state index in [1.165, 1.54) is 0 Å². The van der Waals surface area contributed by atoms with E-state index in [4.69, 9.17) is 18.0 Å². The van der Waals surface area contributed by atoms with Gasteiger partial charge >= 0.3 is 0 Å². The summed E-state index contributed by atoms with van der Waals surface area (Å²) >= 11 is 4.96. The molecule has 7 heteroatoms. The molecular formula is C11H10N6S. The molecule has 2 heterocycles. The Morgan fingerprint density at radius 3 is 2.83 bits per heavy atom. The number of nitrogens with two attached hydrogens (primary N) is 1. The van der Waals surface area contributed by atoms with E-state index in [9.17, 15) is 0 Å². The van der Waals surface area contributed by atoms with Crippen LogP contribution in [-0.2, 0) is 7.05 Å². The number of aromatic amines is 1. The molecule has 3 N–H and O–H groups in total. The summed E-state index contributed by atoms with van der Waals surface area (Å²) in [6.45, 7) is 0. The molecule has 0 radical (unpaired) electrons. The molecule has 90 valence electrons. The summed E-state index contributed by atoms with van der Waals surface area (Å²) < 4.78 is 2.00. The number of hydrogen-bond acceptors (Lipinski definition) is 5. The lowest BCUT2D eigenvalue weighted by molar-refractivity contribution is 0.796. The Balaban J connectivity index is 2.35. The molecule has 0 saturated heterocycles. The Kier molecular flexibility index (Phi) is 2.34. The summed E-state index contributed by atoms with van der Waals surface area (Å²) in [6, 6.07) is 7.88. The zero-order valence-electron chi connectivity index (χ0n) is 9.58. The third-order valence-corrected chi connectivity index (χ3v) is 2.83. The molecule has 18 heavy (non-hydrogen) atoms. The zero-order chi connectivity index (χ0) is 12.7. The molecule has 0 aliphatic carbocycles. The fourth-order valence-corrected chi connectivity index (χ4v) is 2.09. The van der Waals surface area contributed by atoms with Crippen molar-refractivity contribution in [3.8, 4) is 11.5 Å². The molecule has 1 aromatic carbocycles. The van der Waals surface area contributed by atoms with Crippen LogP contribution in [0.15, 0.2) is 24.3 Å². The number of benzene rings is 1. The highest BCUT2D eigenvalue weighted by Crippen LogP contribution is 2.24. The molecular weight excluding hydrogens is 248 g/mol. The van der Waals surface area contributed by atoms with Crippen LogP contribution in [0.2, 0.25) is 0 Å². The molecule has 0 unspecified atom stereocenters. The molecule has 3 aromatic rings. The first-order valence-electron chi connectivity index (χ1n) is 5.31. The van der Waals surface area contributed by atoms with Gasteiger partial charge in [-0.2, -0.15) is 15.1 Å². The second kappa shape index (κ2) is 3.88. The van der Waals surface area contributed by atoms with Crippen molar-refractivity contribution in [3.05, 3.63) is 29.0 Å². The number of rotatable bonds is 1. The standard InChI is InChI=1S/C11H10N6S/c1-17-7-5-3-2-4-6(7)8(16-17)9-13-10(12)15-11(18)14-9/h2-5H,1H3,(H3,12,13,14,15,18). The maximum absolute atomic E-state index is 5.64. The van der Waals surface area contributed by atoms with E-state index in [-0.39, 0.29) is 10.7 Å². The third kappa shape index (κ3) is 1.65. The van der Waals surface area contributed by atoms with Crippen LogP contribution < -0.4 is 5.73 Å². The average Bonchev–Trinajstić information content (AvgIpc) is 2.66. The van der Waals surface area contributed by atoms with Gasteiger partial charge in [0.05, 0.1) is 5.52 Å². The summed E-state index contributed by atoms with van der Waals surface area (Å²) in [5.41, 5.74) is 7.37. The number of aromatic nitrogens is 5. The molecule has 0 atom stereocenters. The maximum atomic E-state index is 5.64. The number of nitrogens with zero attached hydrogens (tertiary/aromatic N) is 4. The van der Waals surface area contributed by atoms with Gasteiger partial charge in [0.1, 0.15) is 5.69 Å². The van der Waals surface area contributed by atoms with Gasteiger partial charge in [0.25, 0.3) is 0 Å². The minimum Gasteiger partial charge on any atom is -0.369 e. The molecule has 0 aliphatic rings. The lowest BCUT2D eigenvalue weighted by Crippen LogP contribution is -2.00. The van der Waals surface area contributed by atoms with Gasteiger partial charge in [0.15, 0.2) is 5.82 Å². The van der Waals surface area contributed by atoms with E-state index in [1.54, 1.807) is 4.68 Å². The van der Waals surface area contributed by atoms with Crippen molar-refractivity contribution in [1.29, 1.82) is 0 Å². The predicted octanol–water partition coefficient (Wildman–Crippen LogP) is 1.67. The Hall–Kier alpha value is -2.28. The number of para-hydroxylation sites is 1. The van der Waals surface area contributed by atoms with E-state index >= 15 is 0 Å². The molecule has 0 aliphatic heterocycles. The zero-order valence-corrected chi connectivity index (χ0v) is 10.4. The summed E-state index contributed by atoms with van der Waals surface area (Å²) in [5.74, 6) is 0.768. The Morgan fingerprint density at radius 2 is 2.06 bits per heavy atom. The number of hydrogen-bond donors (Lipinski definition) is 2. The van der Waals surface area contributed by atoms with Crippen LogP contribution in [0.5, 0.6) is 0 Å². The summed E-state index contributed by atoms with van der Waals surface area (Å²) in [5, 5.41) is 5.43. The Morgan fingerprint density at radius 1 is 1.28 bits per heavy atom. The average molecular weight is 258 g/mol. The van der Waals surface area contributed by atoms with Gasteiger partial charge < -0.3 is 10.7 Å². The molecule has 2 aromatic heterocycles. The van der Waals surface area contributed by atoms with Gasteiger partial charge in [0, 0.05) is 12.4 Å². The van der Waals surface area contributed by atoms with Crippen LogP contribution in [0.25, 0.3) is 22.4 Å². The molecule has 0 spiro atoms. The van der Waals surface area contributed by atoms with Crippen molar-refractivity contribution in [1.82, 2.24) is 24.7 Å². The molecule has 0 bridgehead atoms. The van der Waals surface area contributed by atoms with Crippen LogP contribution in [0, 0.1) is 4.77 Å². The SMILES string of the molecule is Cn1nc(-c2nc(=S)nc(N)[nH]2)c2ccccc21. The highest BCUT2D eigenvalue weighted by Gasteiger charge is 2.12. The van der Waals surface area contributed by atoms with E-state index in [0.29, 0.717) is 11.5 Å². The number of H-pyrrole nitrogens is 1. The molecule has 0 saturated carbocycles. The monoisotopic (exact) mass is 258 g/mol. The summed E-state index contributed by atoms with van der Waals surface area (Å²) in [6.07, 6.45) is 0. The van der Waals surface area contributed by atoms with E-state index < -0.39 is 0 Å². The van der Waals surface area contributed by atoms with Crippen molar-refractivity contribution < 1.29 is 0 Å². The molecule has 0 amide bonds. The van der Waals surface area contributed by atoms with Gasteiger partial charge in [-0.25, -0.2) is 0 Å². The first-order chi connectivity index (χ1) is 8.65. The minimum atomic E-state index is 0.205. The second-order valence-corrected chi connectivity index (χ2v) is 4.22. The third-order valence-electron chi connectivity index (χ3n) is 2.65. The van der Waals surface area contributed by atoms with Crippen molar-refractivity contribution in [2.75, 3.05) is 5.73 Å². The number of aryl methyl sites for hydroxylation is 1.